The average molecular weight is 457 g/mol. The molecule has 1 fully saturated rings. The van der Waals surface area contributed by atoms with E-state index in [4.69, 9.17) is 4.74 Å². The molecule has 1 saturated heterocycles. The van der Waals surface area contributed by atoms with E-state index in [0.717, 1.165) is 30.0 Å². The first-order chi connectivity index (χ1) is 16.7. The van der Waals surface area contributed by atoms with Crippen molar-refractivity contribution in [2.24, 2.45) is 0 Å². The molecule has 0 bridgehead atoms. The summed E-state index contributed by atoms with van der Waals surface area (Å²) in [5.74, 6) is 7.50. The number of carbonyl (C=O) groups is 1. The lowest BCUT2D eigenvalue weighted by molar-refractivity contribution is 0.262. The summed E-state index contributed by atoms with van der Waals surface area (Å²) < 4.78 is 5.12. The Kier molecular flexibility index (Phi) is 7.93. The van der Waals surface area contributed by atoms with Crippen molar-refractivity contribution in [3.8, 4) is 17.6 Å². The van der Waals surface area contributed by atoms with Crippen LogP contribution in [0.25, 0.3) is 0 Å². The van der Waals surface area contributed by atoms with Gasteiger partial charge in [0.25, 0.3) is 0 Å². The number of aromatic nitrogens is 2. The van der Waals surface area contributed by atoms with Crippen LogP contribution in [-0.2, 0) is 0 Å². The van der Waals surface area contributed by atoms with Crippen LogP contribution >= 0.6 is 0 Å². The second-order valence-corrected chi connectivity index (χ2v) is 7.91. The van der Waals surface area contributed by atoms with Gasteiger partial charge in [-0.15, -0.1) is 0 Å². The topological polar surface area (TPSA) is 91.4 Å². The Balaban J connectivity index is 1.28. The minimum Gasteiger partial charge on any atom is -0.497 e. The number of hydrogen-bond donors (Lipinski definition) is 3. The van der Waals surface area contributed by atoms with Gasteiger partial charge in [0.1, 0.15) is 5.75 Å². The molecule has 0 spiro atoms. The summed E-state index contributed by atoms with van der Waals surface area (Å²) in [7, 11) is 1.60. The molecule has 8 nitrogen and oxygen atoms in total. The highest BCUT2D eigenvalue weighted by molar-refractivity contribution is 5.99. The number of hydrogen-bond acceptors (Lipinski definition) is 6. The largest absolute Gasteiger partial charge is 0.497 e. The van der Waals surface area contributed by atoms with Crippen molar-refractivity contribution in [2.45, 2.75) is 12.8 Å². The van der Waals surface area contributed by atoms with E-state index in [0.29, 0.717) is 17.3 Å². The predicted octanol–water partition coefficient (Wildman–Crippen LogP) is 4.04. The maximum absolute atomic E-state index is 12.3. The fourth-order valence-corrected chi connectivity index (χ4v) is 3.60. The van der Waals surface area contributed by atoms with E-state index in [1.165, 1.54) is 25.9 Å². The summed E-state index contributed by atoms with van der Waals surface area (Å²) in [4.78, 5) is 23.4. The molecule has 34 heavy (non-hydrogen) atoms. The number of anilines is 3. The highest BCUT2D eigenvalue weighted by Crippen LogP contribution is 2.16. The lowest BCUT2D eigenvalue weighted by Crippen LogP contribution is -2.26. The zero-order chi connectivity index (χ0) is 23.6. The maximum Gasteiger partial charge on any atom is 0.323 e. The molecule has 3 N–H and O–H groups in total. The van der Waals surface area contributed by atoms with Crippen LogP contribution in [-0.4, -0.2) is 54.2 Å². The van der Waals surface area contributed by atoms with E-state index in [9.17, 15) is 4.79 Å². The Morgan fingerprint density at radius 3 is 2.41 bits per heavy atom. The molecule has 8 heteroatoms. The van der Waals surface area contributed by atoms with E-state index < -0.39 is 0 Å². The third kappa shape index (κ3) is 6.95. The van der Waals surface area contributed by atoms with Crippen molar-refractivity contribution in [3.63, 3.8) is 0 Å². The molecule has 2 heterocycles. The summed E-state index contributed by atoms with van der Waals surface area (Å²) in [5, 5.41) is 8.86. The number of nitrogens with zero attached hydrogens (tertiary/aromatic N) is 3. The molecule has 2 amide bonds. The number of amides is 2. The van der Waals surface area contributed by atoms with Gasteiger partial charge in [0.05, 0.1) is 12.7 Å². The zero-order valence-electron chi connectivity index (χ0n) is 19.2. The number of nitrogens with one attached hydrogen (secondary N) is 3. The van der Waals surface area contributed by atoms with Crippen LogP contribution < -0.4 is 20.7 Å². The van der Waals surface area contributed by atoms with Crippen LogP contribution in [0.4, 0.5) is 22.1 Å². The van der Waals surface area contributed by atoms with Crippen molar-refractivity contribution >= 4 is 23.4 Å². The Bertz CT molecular complexity index is 1150. The molecule has 0 aliphatic carbocycles. The Labute approximate surface area is 199 Å². The normalized spacial score (nSPS) is 13.0. The monoisotopic (exact) mass is 456 g/mol. The van der Waals surface area contributed by atoms with E-state index in [2.05, 4.69) is 42.7 Å². The number of carbonyl (C=O) groups excluding carboxylic acids is 1. The minimum absolute atomic E-state index is 0.337. The van der Waals surface area contributed by atoms with E-state index in [-0.39, 0.29) is 6.03 Å². The molecule has 0 radical (unpaired) electrons. The maximum atomic E-state index is 12.3. The lowest BCUT2D eigenvalue weighted by atomic mass is 10.2. The van der Waals surface area contributed by atoms with Crippen LogP contribution in [0.15, 0.2) is 60.9 Å². The molecule has 1 aromatic heterocycles. The van der Waals surface area contributed by atoms with E-state index in [1.807, 2.05) is 24.3 Å². The summed E-state index contributed by atoms with van der Waals surface area (Å²) in [5.41, 5.74) is 2.81. The number of urea groups is 1. The van der Waals surface area contributed by atoms with Gasteiger partial charge in [-0.05, 0) is 68.4 Å². The first kappa shape index (κ1) is 23.1. The van der Waals surface area contributed by atoms with E-state index in [1.54, 1.807) is 43.8 Å². The standard InChI is InChI=1S/C26H28N6O2/c1-34-24-11-9-22(10-12-24)30-26(33)31-23-6-4-5-20(17-23)7-8-21-18-28-25(29-19-21)27-13-16-32-14-2-3-15-32/h4-6,9-12,17-19H,2-3,13-16H2,1H3,(H,27,28,29)(H2,30,31,33). The van der Waals surface area contributed by atoms with Gasteiger partial charge < -0.3 is 25.6 Å². The number of rotatable bonds is 7. The zero-order valence-corrected chi connectivity index (χ0v) is 19.2. The molecule has 0 saturated carbocycles. The van der Waals surface area contributed by atoms with Gasteiger partial charge in [-0.2, -0.15) is 0 Å². The second kappa shape index (κ2) is 11.7. The Morgan fingerprint density at radius 1 is 0.971 bits per heavy atom. The molecular formula is C26H28N6O2. The van der Waals surface area contributed by atoms with Gasteiger partial charge in [-0.1, -0.05) is 17.9 Å². The average Bonchev–Trinajstić information content (AvgIpc) is 3.38. The summed E-state index contributed by atoms with van der Waals surface area (Å²) in [6, 6.07) is 14.1. The number of ether oxygens (including phenoxy) is 1. The highest BCUT2D eigenvalue weighted by atomic mass is 16.5. The fourth-order valence-electron chi connectivity index (χ4n) is 3.60. The van der Waals surface area contributed by atoms with Crippen LogP contribution in [0.3, 0.4) is 0 Å². The van der Waals surface area contributed by atoms with Crippen molar-refractivity contribution in [1.82, 2.24) is 14.9 Å². The molecule has 1 aliphatic heterocycles. The van der Waals surface area contributed by atoms with Crippen molar-refractivity contribution in [1.29, 1.82) is 0 Å². The molecule has 1 aliphatic rings. The summed E-state index contributed by atoms with van der Waals surface area (Å²) in [6.45, 7) is 4.20. The predicted molar refractivity (Wildman–Crippen MR) is 134 cm³/mol. The first-order valence-electron chi connectivity index (χ1n) is 11.3. The third-order valence-corrected chi connectivity index (χ3v) is 5.38. The fraction of sp³-hybridized carbons (Fsp3) is 0.269. The second-order valence-electron chi connectivity index (χ2n) is 7.91. The van der Waals surface area contributed by atoms with Gasteiger partial charge >= 0.3 is 6.03 Å². The molecular weight excluding hydrogens is 428 g/mol. The summed E-state index contributed by atoms with van der Waals surface area (Å²) >= 11 is 0. The summed E-state index contributed by atoms with van der Waals surface area (Å²) in [6.07, 6.45) is 6.00. The smallest absolute Gasteiger partial charge is 0.323 e. The van der Waals surface area contributed by atoms with Crippen molar-refractivity contribution in [3.05, 3.63) is 72.1 Å². The van der Waals surface area contributed by atoms with Crippen LogP contribution in [0, 0.1) is 11.8 Å². The molecule has 3 aromatic rings. The molecule has 174 valence electrons. The highest BCUT2D eigenvalue weighted by Gasteiger charge is 2.10. The van der Waals surface area contributed by atoms with Gasteiger partial charge in [0, 0.05) is 42.4 Å². The number of methoxy groups -OCH3 is 1. The van der Waals surface area contributed by atoms with Crippen molar-refractivity contribution < 1.29 is 9.53 Å². The Morgan fingerprint density at radius 2 is 1.68 bits per heavy atom. The minimum atomic E-state index is -0.337. The SMILES string of the molecule is COc1ccc(NC(=O)Nc2cccc(C#Cc3cnc(NCCN4CCCC4)nc3)c2)cc1. The van der Waals surface area contributed by atoms with Crippen molar-refractivity contribution in [2.75, 3.05) is 49.2 Å². The quantitative estimate of drug-likeness (QED) is 0.465. The van der Waals surface area contributed by atoms with Crippen LogP contribution in [0.2, 0.25) is 0 Å². The Hall–Kier alpha value is -4.09. The van der Waals surface area contributed by atoms with Gasteiger partial charge in [-0.3, -0.25) is 0 Å². The molecule has 0 atom stereocenters. The lowest BCUT2D eigenvalue weighted by Gasteiger charge is -2.14. The molecule has 4 rings (SSSR count). The van der Waals surface area contributed by atoms with Gasteiger partial charge in [-0.25, -0.2) is 14.8 Å². The molecule has 0 unspecified atom stereocenters. The number of likely N-dealkylation sites (tertiary alicyclic amines) is 1. The van der Waals surface area contributed by atoms with Crippen LogP contribution in [0.1, 0.15) is 24.0 Å². The van der Waals surface area contributed by atoms with Gasteiger partial charge in [0.2, 0.25) is 5.95 Å². The third-order valence-electron chi connectivity index (χ3n) is 5.38. The van der Waals surface area contributed by atoms with E-state index >= 15 is 0 Å². The first-order valence-corrected chi connectivity index (χ1v) is 11.3. The molecule has 2 aromatic carbocycles. The van der Waals surface area contributed by atoms with Gasteiger partial charge in [0.15, 0.2) is 0 Å². The van der Waals surface area contributed by atoms with Crippen LogP contribution in [0.5, 0.6) is 5.75 Å². The number of benzene rings is 2.